The number of hydrogen-bond donors (Lipinski definition) is 3. The number of nitrogens with one attached hydrogen (secondary N) is 1. The van der Waals surface area contributed by atoms with E-state index in [1.807, 2.05) is 26.8 Å². The molecule has 2 aromatic rings. The molecule has 2 heterocycles. The van der Waals surface area contributed by atoms with Gasteiger partial charge in [-0.2, -0.15) is 26.4 Å². The largest absolute Gasteiger partial charge is 0.451 e. The molecule has 0 saturated carbocycles. The molecule has 0 unspecified atom stereocenters. The van der Waals surface area contributed by atoms with Gasteiger partial charge in [0.15, 0.2) is 27.7 Å². The fourth-order valence-electron chi connectivity index (χ4n) is 6.58. The van der Waals surface area contributed by atoms with Crippen LogP contribution in [0, 0.1) is 0 Å². The number of rotatable bonds is 21. The number of carbonyl (C=O) groups excluding carboxylic acids is 2. The van der Waals surface area contributed by atoms with Gasteiger partial charge in [0.25, 0.3) is 10.1 Å². The summed E-state index contributed by atoms with van der Waals surface area (Å²) in [6.45, 7) is 18.1. The van der Waals surface area contributed by atoms with Crippen LogP contribution in [-0.4, -0.2) is 106 Å². The second-order valence-electron chi connectivity index (χ2n) is 13.0. The Kier molecular flexibility index (Phi) is 17.3. The second-order valence-corrected chi connectivity index (χ2v) is 16.1. The van der Waals surface area contributed by atoms with E-state index in [2.05, 4.69) is 33.3 Å². The second kappa shape index (κ2) is 21.6. The van der Waals surface area contributed by atoms with Crippen LogP contribution in [0.5, 0.6) is 11.5 Å². The van der Waals surface area contributed by atoms with E-state index in [1.54, 1.807) is 18.2 Å². The SMILES string of the molecule is C=CCCN(CC)CCN=c1ccc2nc3c(CC)c4c(c(Cl)c3oc-2c1S(=O)(=O)O)Nc1ccc(CCCN(CC)CCOOCC=C)c(S(=O)(=O)O)c1O4.O=C=O. The number of nitrogens with zero attached hydrogens (tertiary/aromatic N) is 4. The molecular weight excluding hydrogens is 830 g/mol. The Morgan fingerprint density at radius 2 is 1.63 bits per heavy atom. The van der Waals surface area contributed by atoms with Crippen molar-refractivity contribution >= 4 is 60.5 Å². The number of halogens is 1. The highest BCUT2D eigenvalue weighted by molar-refractivity contribution is 7.86. The first-order chi connectivity index (χ1) is 28.2. The van der Waals surface area contributed by atoms with Crippen molar-refractivity contribution in [3.8, 4) is 23.0 Å². The zero-order valence-corrected chi connectivity index (χ0v) is 35.4. The minimum Gasteiger partial charge on any atom is -0.451 e. The first kappa shape index (κ1) is 47.2. The molecule has 0 amide bonds. The Bertz CT molecular complexity index is 2430. The van der Waals surface area contributed by atoms with Crippen LogP contribution in [0.4, 0.5) is 11.4 Å². The number of fused-ring (bicyclic) bond motifs is 4. The molecule has 0 aromatic heterocycles. The molecule has 59 heavy (non-hydrogen) atoms. The smallest absolute Gasteiger partial charge is 0.373 e. The van der Waals surface area contributed by atoms with Crippen molar-refractivity contribution in [1.29, 1.82) is 0 Å². The Labute approximate surface area is 348 Å². The number of likely N-dealkylation sites (N-methyl/N-ethyl adjacent to an activating group) is 2. The van der Waals surface area contributed by atoms with Gasteiger partial charge in [-0.3, -0.25) is 14.1 Å². The molecule has 2 aliphatic heterocycles. The van der Waals surface area contributed by atoms with Crippen molar-refractivity contribution in [2.45, 2.75) is 56.2 Å². The number of hydrogen-bond acceptors (Lipinski definition) is 15. The molecule has 0 atom stereocenters. The van der Waals surface area contributed by atoms with Gasteiger partial charge in [-0.05, 0) is 69.1 Å². The van der Waals surface area contributed by atoms with Crippen molar-refractivity contribution in [1.82, 2.24) is 14.8 Å². The molecule has 0 saturated heterocycles. The van der Waals surface area contributed by atoms with Gasteiger partial charge >= 0.3 is 16.3 Å². The van der Waals surface area contributed by atoms with Gasteiger partial charge in [0.05, 0.1) is 24.2 Å². The molecule has 3 N–H and O–H groups in total. The van der Waals surface area contributed by atoms with E-state index in [-0.39, 0.29) is 80.0 Å². The summed E-state index contributed by atoms with van der Waals surface area (Å²) in [6, 6.07) is 6.22. The maximum Gasteiger partial charge on any atom is 0.373 e. The Hall–Kier alpha value is -4.53. The summed E-state index contributed by atoms with van der Waals surface area (Å²) < 4.78 is 85.1. The van der Waals surface area contributed by atoms with Crippen LogP contribution >= 0.6 is 11.6 Å². The van der Waals surface area contributed by atoms with E-state index in [9.17, 15) is 25.9 Å². The summed E-state index contributed by atoms with van der Waals surface area (Å²) in [5, 5.41) is 3.11. The number of anilines is 2. The van der Waals surface area contributed by atoms with Crippen LogP contribution in [-0.2, 0) is 52.4 Å². The Morgan fingerprint density at radius 1 is 0.932 bits per heavy atom. The summed E-state index contributed by atoms with van der Waals surface area (Å²) in [5.74, 6) is -0.183. The molecule has 0 radical (unpaired) electrons. The standard InChI is InChI=1S/C38H48ClN5O10S2.CO2/c1-6-11-19-43(9-4)21-18-40-29-17-16-28-35(38(29)56(48,49)50)54-36-30(39)32-33(26(8-3)31(36)41-28)53-34-27(42-32)15-14-25(37(34)55(45,46)47)13-12-20-44(10-5)22-24-52-51-23-7-2;2-1-3/h6-7,14-17,42H,1-2,8-13,18-24H2,3-5H3,(H,45,46,47)(H,48,49,50);. The lowest BCUT2D eigenvalue weighted by Crippen LogP contribution is -2.29. The van der Waals surface area contributed by atoms with Gasteiger partial charge in [-0.15, -0.1) is 13.2 Å². The summed E-state index contributed by atoms with van der Waals surface area (Å²) in [4.78, 5) is 38.9. The van der Waals surface area contributed by atoms with E-state index in [0.29, 0.717) is 56.6 Å². The topological polar surface area (TPSA) is 227 Å². The first-order valence-electron chi connectivity index (χ1n) is 18.8. The lowest BCUT2D eigenvalue weighted by Gasteiger charge is -2.28. The van der Waals surface area contributed by atoms with E-state index in [1.165, 1.54) is 12.1 Å². The van der Waals surface area contributed by atoms with Crippen LogP contribution < -0.4 is 15.4 Å². The predicted molar refractivity (Wildman–Crippen MR) is 219 cm³/mol. The number of benzene rings is 3. The molecule has 0 spiro atoms. The lowest BCUT2D eigenvalue weighted by molar-refractivity contribution is -0.287. The van der Waals surface area contributed by atoms with E-state index >= 15 is 0 Å². The van der Waals surface area contributed by atoms with Crippen molar-refractivity contribution < 1.29 is 54.5 Å². The zero-order valence-electron chi connectivity index (χ0n) is 33.0. The van der Waals surface area contributed by atoms with Crippen molar-refractivity contribution in [3.05, 3.63) is 71.1 Å². The summed E-state index contributed by atoms with van der Waals surface area (Å²) in [7, 11) is -9.65. The molecule has 20 heteroatoms. The van der Waals surface area contributed by atoms with E-state index < -0.39 is 25.1 Å². The van der Waals surface area contributed by atoms with Gasteiger partial charge in [0.2, 0.25) is 0 Å². The van der Waals surface area contributed by atoms with Crippen LogP contribution in [0.15, 0.2) is 68.8 Å². The summed E-state index contributed by atoms with van der Waals surface area (Å²) >= 11 is 6.95. The summed E-state index contributed by atoms with van der Waals surface area (Å²) in [6.07, 6.45) is 5.63. The zero-order chi connectivity index (χ0) is 43.3. The highest BCUT2D eigenvalue weighted by Gasteiger charge is 2.34. The van der Waals surface area contributed by atoms with Crippen LogP contribution in [0.3, 0.4) is 0 Å². The maximum atomic E-state index is 13.0. The molecule has 1 aliphatic carbocycles. The third kappa shape index (κ3) is 11.6. The average molecular weight is 878 g/mol. The molecule has 0 bridgehead atoms. The predicted octanol–water partition coefficient (Wildman–Crippen LogP) is 6.10. The normalized spacial score (nSPS) is 12.7. The third-order valence-corrected chi connectivity index (χ3v) is 11.6. The Balaban J connectivity index is 0.00000248. The monoisotopic (exact) mass is 877 g/mol. The quantitative estimate of drug-likeness (QED) is 0.0189. The van der Waals surface area contributed by atoms with Crippen molar-refractivity contribution in [2.24, 2.45) is 4.99 Å². The van der Waals surface area contributed by atoms with Crippen LogP contribution in [0.2, 0.25) is 5.02 Å². The van der Waals surface area contributed by atoms with Crippen molar-refractivity contribution in [3.63, 3.8) is 0 Å². The number of aryl methyl sites for hydroxylation is 2. The molecule has 320 valence electrons. The number of aromatic nitrogens is 1. The van der Waals surface area contributed by atoms with Crippen LogP contribution in [0.1, 0.15) is 44.7 Å². The van der Waals surface area contributed by atoms with Gasteiger partial charge in [-0.1, -0.05) is 50.6 Å². The molecule has 0 fully saturated rings. The van der Waals surface area contributed by atoms with Gasteiger partial charge in [0, 0.05) is 25.2 Å². The highest BCUT2D eigenvalue weighted by Crippen LogP contribution is 2.53. The van der Waals surface area contributed by atoms with E-state index in [4.69, 9.17) is 45.1 Å². The minimum absolute atomic E-state index is 0.00252. The van der Waals surface area contributed by atoms with Gasteiger partial charge in [-0.25, -0.2) is 14.8 Å². The minimum atomic E-state index is -4.86. The fraction of sp³-hybridized carbons (Fsp3) is 0.410. The molecular formula is C39H48ClN5O12S2. The van der Waals surface area contributed by atoms with E-state index in [0.717, 1.165) is 26.1 Å². The molecule has 5 rings (SSSR count). The molecule has 2 aromatic carbocycles. The highest BCUT2D eigenvalue weighted by atomic mass is 35.5. The Morgan fingerprint density at radius 3 is 2.25 bits per heavy atom. The third-order valence-electron chi connectivity index (χ3n) is 9.38. The van der Waals surface area contributed by atoms with Crippen molar-refractivity contribution in [2.75, 3.05) is 64.3 Å². The average Bonchev–Trinajstić information content (AvgIpc) is 3.19. The maximum absolute atomic E-state index is 13.0. The lowest BCUT2D eigenvalue weighted by atomic mass is 10.0. The van der Waals surface area contributed by atoms with Gasteiger partial charge < -0.3 is 24.3 Å². The molecule has 17 nitrogen and oxygen atoms in total. The fourth-order valence-corrected chi connectivity index (χ4v) is 8.50. The van der Waals surface area contributed by atoms with Gasteiger partial charge in [0.1, 0.15) is 33.4 Å². The van der Waals surface area contributed by atoms with Crippen LogP contribution in [0.25, 0.3) is 22.6 Å². The summed E-state index contributed by atoms with van der Waals surface area (Å²) in [5.41, 5.74) is 1.58. The first-order valence-corrected chi connectivity index (χ1v) is 22.0. The number of ether oxygens (including phenoxy) is 1. The molecule has 3 aliphatic rings.